The van der Waals surface area contributed by atoms with Crippen LogP contribution in [0, 0.1) is 0 Å². The van der Waals surface area contributed by atoms with E-state index in [1.54, 1.807) is 14.1 Å². The molecule has 0 bridgehead atoms. The van der Waals surface area contributed by atoms with Gasteiger partial charge in [-0.05, 0) is 23.3 Å². The standard InChI is InChI=1S/C21H24F3N3O2/c1-26(14-17-8-10-18(11-9-17)21(22,23)24)19(28)12-13-25-20(29)27(2)15-16-6-4-3-5-7-16/h3-11H,12-15H2,1-2H3,(H,25,29). The summed E-state index contributed by atoms with van der Waals surface area (Å²) in [6, 6.07) is 13.9. The lowest BCUT2D eigenvalue weighted by molar-refractivity contribution is -0.137. The van der Waals surface area contributed by atoms with Crippen molar-refractivity contribution in [2.24, 2.45) is 0 Å². The van der Waals surface area contributed by atoms with Gasteiger partial charge in [0.15, 0.2) is 0 Å². The van der Waals surface area contributed by atoms with Crippen LogP contribution in [0.2, 0.25) is 0 Å². The van der Waals surface area contributed by atoms with Gasteiger partial charge in [0.05, 0.1) is 5.56 Å². The predicted octanol–water partition coefficient (Wildman–Crippen LogP) is 3.90. The molecule has 0 aliphatic heterocycles. The van der Waals surface area contributed by atoms with Gasteiger partial charge in [0.25, 0.3) is 0 Å². The van der Waals surface area contributed by atoms with E-state index in [1.165, 1.54) is 21.9 Å². The summed E-state index contributed by atoms with van der Waals surface area (Å²) in [7, 11) is 3.24. The second kappa shape index (κ2) is 9.95. The quantitative estimate of drug-likeness (QED) is 0.757. The molecule has 2 rings (SSSR count). The maximum atomic E-state index is 12.6. The number of nitrogens with one attached hydrogen (secondary N) is 1. The Labute approximate surface area is 168 Å². The third-order valence-electron chi connectivity index (χ3n) is 4.35. The molecule has 29 heavy (non-hydrogen) atoms. The second-order valence-electron chi connectivity index (χ2n) is 6.77. The number of carbonyl (C=O) groups is 2. The first-order valence-electron chi connectivity index (χ1n) is 9.10. The first-order valence-corrected chi connectivity index (χ1v) is 9.10. The number of halogens is 3. The van der Waals surface area contributed by atoms with Crippen molar-refractivity contribution in [2.45, 2.75) is 25.7 Å². The number of alkyl halides is 3. The lowest BCUT2D eigenvalue weighted by Crippen LogP contribution is -2.39. The van der Waals surface area contributed by atoms with Crippen LogP contribution in [0.4, 0.5) is 18.0 Å². The molecule has 0 aliphatic rings. The van der Waals surface area contributed by atoms with Crippen LogP contribution in [0.3, 0.4) is 0 Å². The molecular formula is C21H24F3N3O2. The van der Waals surface area contributed by atoms with E-state index in [-0.39, 0.29) is 31.4 Å². The van der Waals surface area contributed by atoms with E-state index < -0.39 is 11.7 Å². The summed E-state index contributed by atoms with van der Waals surface area (Å²) in [5, 5.41) is 2.69. The minimum atomic E-state index is -4.38. The molecule has 2 aromatic rings. The predicted molar refractivity (Wildman–Crippen MR) is 104 cm³/mol. The van der Waals surface area contributed by atoms with Crippen LogP contribution < -0.4 is 5.32 Å². The van der Waals surface area contributed by atoms with E-state index >= 15 is 0 Å². The van der Waals surface area contributed by atoms with E-state index in [2.05, 4.69) is 5.32 Å². The van der Waals surface area contributed by atoms with Gasteiger partial charge < -0.3 is 15.1 Å². The van der Waals surface area contributed by atoms with Crippen molar-refractivity contribution in [1.29, 1.82) is 0 Å². The molecule has 0 aromatic heterocycles. The van der Waals surface area contributed by atoms with Gasteiger partial charge in [0.2, 0.25) is 5.91 Å². The van der Waals surface area contributed by atoms with Crippen molar-refractivity contribution in [3.05, 3.63) is 71.3 Å². The summed E-state index contributed by atoms with van der Waals surface area (Å²) in [5.41, 5.74) is 0.871. The second-order valence-corrected chi connectivity index (χ2v) is 6.77. The van der Waals surface area contributed by atoms with E-state index in [0.29, 0.717) is 12.1 Å². The maximum Gasteiger partial charge on any atom is 0.416 e. The van der Waals surface area contributed by atoms with Crippen LogP contribution in [0.1, 0.15) is 23.1 Å². The number of urea groups is 1. The molecule has 3 amide bonds. The molecule has 0 fully saturated rings. The monoisotopic (exact) mass is 407 g/mol. The first kappa shape index (κ1) is 22.3. The maximum absolute atomic E-state index is 12.6. The van der Waals surface area contributed by atoms with E-state index in [9.17, 15) is 22.8 Å². The molecule has 5 nitrogen and oxygen atoms in total. The summed E-state index contributed by atoms with van der Waals surface area (Å²) < 4.78 is 37.8. The van der Waals surface area contributed by atoms with Gasteiger partial charge in [0.1, 0.15) is 0 Å². The lowest BCUT2D eigenvalue weighted by Gasteiger charge is -2.20. The molecule has 0 saturated heterocycles. The number of carbonyl (C=O) groups excluding carboxylic acids is 2. The normalized spacial score (nSPS) is 11.1. The summed E-state index contributed by atoms with van der Waals surface area (Å²) in [4.78, 5) is 27.2. The fraction of sp³-hybridized carbons (Fsp3) is 0.333. The zero-order valence-electron chi connectivity index (χ0n) is 16.4. The highest BCUT2D eigenvalue weighted by Gasteiger charge is 2.30. The van der Waals surface area contributed by atoms with Crippen LogP contribution in [-0.2, 0) is 24.1 Å². The van der Waals surface area contributed by atoms with Crippen molar-refractivity contribution in [3.8, 4) is 0 Å². The molecule has 2 aromatic carbocycles. The molecule has 0 radical (unpaired) electrons. The van der Waals surface area contributed by atoms with Crippen molar-refractivity contribution in [2.75, 3.05) is 20.6 Å². The smallest absolute Gasteiger partial charge is 0.341 e. The van der Waals surface area contributed by atoms with Crippen molar-refractivity contribution >= 4 is 11.9 Å². The summed E-state index contributed by atoms with van der Waals surface area (Å²) in [6.45, 7) is 0.821. The SMILES string of the molecule is CN(Cc1ccc(C(F)(F)F)cc1)C(=O)CCNC(=O)N(C)Cc1ccccc1. The number of amides is 3. The van der Waals surface area contributed by atoms with Gasteiger partial charge in [-0.1, -0.05) is 42.5 Å². The van der Waals surface area contributed by atoms with Crippen molar-refractivity contribution in [1.82, 2.24) is 15.1 Å². The Morgan fingerprint density at radius 3 is 2.00 bits per heavy atom. The Morgan fingerprint density at radius 2 is 1.41 bits per heavy atom. The van der Waals surface area contributed by atoms with Crippen molar-refractivity contribution < 1.29 is 22.8 Å². The van der Waals surface area contributed by atoms with Crippen LogP contribution in [-0.4, -0.2) is 42.4 Å². The Balaban J connectivity index is 1.74. The van der Waals surface area contributed by atoms with E-state index in [4.69, 9.17) is 0 Å². The molecular weight excluding hydrogens is 383 g/mol. The summed E-state index contributed by atoms with van der Waals surface area (Å²) in [6.07, 6.45) is -4.28. The largest absolute Gasteiger partial charge is 0.416 e. The molecule has 0 saturated carbocycles. The summed E-state index contributed by atoms with van der Waals surface area (Å²) in [5.74, 6) is -0.212. The van der Waals surface area contributed by atoms with Gasteiger partial charge in [-0.2, -0.15) is 13.2 Å². The Morgan fingerprint density at radius 1 is 0.862 bits per heavy atom. The van der Waals surface area contributed by atoms with Gasteiger partial charge in [0, 0.05) is 40.2 Å². The minimum Gasteiger partial charge on any atom is -0.341 e. The number of hydrogen-bond donors (Lipinski definition) is 1. The highest BCUT2D eigenvalue weighted by Crippen LogP contribution is 2.29. The third kappa shape index (κ3) is 7.14. The molecule has 0 spiro atoms. The van der Waals surface area contributed by atoms with Crippen LogP contribution in [0.15, 0.2) is 54.6 Å². The number of rotatable bonds is 7. The summed E-state index contributed by atoms with van der Waals surface area (Å²) >= 11 is 0. The molecule has 0 heterocycles. The molecule has 0 unspecified atom stereocenters. The van der Waals surface area contributed by atoms with Crippen LogP contribution in [0.5, 0.6) is 0 Å². The molecule has 1 N–H and O–H groups in total. The average molecular weight is 407 g/mol. The minimum absolute atomic E-state index is 0.0993. The molecule has 0 aliphatic carbocycles. The first-order chi connectivity index (χ1) is 13.7. The molecule has 0 atom stereocenters. The Bertz CT molecular complexity index is 808. The topological polar surface area (TPSA) is 52.7 Å². The molecule has 8 heteroatoms. The van der Waals surface area contributed by atoms with E-state index in [0.717, 1.165) is 17.7 Å². The lowest BCUT2D eigenvalue weighted by atomic mass is 10.1. The highest BCUT2D eigenvalue weighted by atomic mass is 19.4. The van der Waals surface area contributed by atoms with Crippen LogP contribution in [0.25, 0.3) is 0 Å². The zero-order chi connectivity index (χ0) is 21.4. The Kier molecular flexibility index (Phi) is 7.64. The number of nitrogens with zero attached hydrogens (tertiary/aromatic N) is 2. The van der Waals surface area contributed by atoms with Gasteiger partial charge in [-0.25, -0.2) is 4.79 Å². The van der Waals surface area contributed by atoms with E-state index in [1.807, 2.05) is 30.3 Å². The highest BCUT2D eigenvalue weighted by molar-refractivity contribution is 5.78. The van der Waals surface area contributed by atoms with Crippen molar-refractivity contribution in [3.63, 3.8) is 0 Å². The van der Waals surface area contributed by atoms with Gasteiger partial charge in [-0.15, -0.1) is 0 Å². The number of benzene rings is 2. The zero-order valence-corrected chi connectivity index (χ0v) is 16.4. The number of hydrogen-bond acceptors (Lipinski definition) is 2. The van der Waals surface area contributed by atoms with Gasteiger partial charge in [-0.3, -0.25) is 4.79 Å². The molecule has 156 valence electrons. The fourth-order valence-electron chi connectivity index (χ4n) is 2.69. The Hall–Kier alpha value is -3.03. The fourth-order valence-corrected chi connectivity index (χ4v) is 2.69. The average Bonchev–Trinajstić information content (AvgIpc) is 2.68. The van der Waals surface area contributed by atoms with Crippen LogP contribution >= 0.6 is 0 Å². The van der Waals surface area contributed by atoms with Gasteiger partial charge >= 0.3 is 12.2 Å². The third-order valence-corrected chi connectivity index (χ3v) is 4.35.